The highest BCUT2D eigenvalue weighted by Gasteiger charge is 2.50. The van der Waals surface area contributed by atoms with E-state index in [2.05, 4.69) is 26.0 Å². The Bertz CT molecular complexity index is 1590. The summed E-state index contributed by atoms with van der Waals surface area (Å²) in [6, 6.07) is 10.6. The first-order valence-corrected chi connectivity index (χ1v) is 25.8. The van der Waals surface area contributed by atoms with Crippen LogP contribution in [-0.4, -0.2) is 0 Å². The third-order valence-corrected chi connectivity index (χ3v) is 17.2. The SMILES string of the molecule is CCCCCCCCCCCCC12CCC(Cc3c(Oc4ccc(C#N)c(F)c4CC45CCC(CCCCCCCCCCCC)(CC4)CC5)ccc(C#N)c3F)(CC1)CC2. The van der Waals surface area contributed by atoms with E-state index in [1.165, 1.54) is 192 Å². The molecule has 2 aromatic rings. The maximum Gasteiger partial charge on any atom is 0.147 e. The van der Waals surface area contributed by atoms with E-state index in [4.69, 9.17) is 4.74 Å². The number of fused-ring (bicyclic) bond motifs is 6. The standard InChI is InChI=1S/C56H82F2N2O/c1-3-5-7-9-11-13-15-17-19-21-27-53-29-35-55(36-30-53,37-31-53)41-47-49(25-23-45(43-59)51(47)57)61-50-26-24-46(44-60)52(58)48(50)42-56-38-32-54(33-39-56,34-40-56)28-22-20-18-16-14-12-10-8-6-4-2/h23-26H,3-22,27-42H2,1-2H3. The highest BCUT2D eigenvalue weighted by Crippen LogP contribution is 2.62. The summed E-state index contributed by atoms with van der Waals surface area (Å²) in [4.78, 5) is 0. The Labute approximate surface area is 371 Å². The summed E-state index contributed by atoms with van der Waals surface area (Å²) in [7, 11) is 0. The third kappa shape index (κ3) is 12.6. The Hall–Kier alpha value is -2.92. The number of unbranched alkanes of at least 4 members (excludes halogenated alkanes) is 18. The highest BCUT2D eigenvalue weighted by atomic mass is 19.1. The van der Waals surface area contributed by atoms with Gasteiger partial charge in [0.05, 0.1) is 11.1 Å². The predicted octanol–water partition coefficient (Wildman–Crippen LogP) is 17.9. The molecule has 0 aliphatic heterocycles. The molecule has 0 N–H and O–H groups in total. The lowest BCUT2D eigenvalue weighted by Gasteiger charge is -2.54. The molecule has 2 aromatic carbocycles. The Morgan fingerprint density at radius 2 is 0.705 bits per heavy atom. The van der Waals surface area contributed by atoms with Gasteiger partial charge in [-0.05, 0) is 149 Å². The lowest BCUT2D eigenvalue weighted by atomic mass is 9.51. The zero-order valence-electron chi connectivity index (χ0n) is 38.8. The number of halogens is 2. The lowest BCUT2D eigenvalue weighted by Crippen LogP contribution is -2.43. The van der Waals surface area contributed by atoms with E-state index in [0.29, 0.717) is 46.3 Å². The summed E-state index contributed by atoms with van der Waals surface area (Å²) in [5.41, 5.74) is 1.87. The number of hydrogen-bond donors (Lipinski definition) is 0. The van der Waals surface area contributed by atoms with E-state index in [1.807, 2.05) is 0 Å². The molecule has 5 heteroatoms. The van der Waals surface area contributed by atoms with Gasteiger partial charge in [-0.2, -0.15) is 10.5 Å². The van der Waals surface area contributed by atoms with Crippen molar-refractivity contribution in [3.05, 3.63) is 58.2 Å². The van der Waals surface area contributed by atoms with Gasteiger partial charge in [-0.15, -0.1) is 0 Å². The predicted molar refractivity (Wildman–Crippen MR) is 248 cm³/mol. The van der Waals surface area contributed by atoms with Gasteiger partial charge in [0.15, 0.2) is 0 Å². The fraction of sp³-hybridized carbons (Fsp3) is 0.750. The van der Waals surface area contributed by atoms with Crippen molar-refractivity contribution >= 4 is 0 Å². The van der Waals surface area contributed by atoms with Crippen LogP contribution >= 0.6 is 0 Å². The summed E-state index contributed by atoms with van der Waals surface area (Å²) in [6.07, 6.45) is 44.7. The van der Waals surface area contributed by atoms with Crippen LogP contribution in [0.5, 0.6) is 11.5 Å². The molecule has 0 unspecified atom stereocenters. The zero-order chi connectivity index (χ0) is 43.0. The smallest absolute Gasteiger partial charge is 0.147 e. The second kappa shape index (κ2) is 23.1. The number of ether oxygens (including phenoxy) is 1. The van der Waals surface area contributed by atoms with Gasteiger partial charge < -0.3 is 4.74 Å². The van der Waals surface area contributed by atoms with Crippen LogP contribution in [0.25, 0.3) is 0 Å². The van der Waals surface area contributed by atoms with Crippen molar-refractivity contribution in [3.8, 4) is 23.6 Å². The molecule has 0 amide bonds. The summed E-state index contributed by atoms with van der Waals surface area (Å²) >= 11 is 0. The van der Waals surface area contributed by atoms with Gasteiger partial charge in [0.2, 0.25) is 0 Å². The van der Waals surface area contributed by atoms with Gasteiger partial charge in [0, 0.05) is 11.1 Å². The van der Waals surface area contributed by atoms with E-state index in [-0.39, 0.29) is 22.0 Å². The summed E-state index contributed by atoms with van der Waals surface area (Å²) in [5.74, 6) is -0.196. The molecule has 0 atom stereocenters. The quantitative estimate of drug-likeness (QED) is 0.0802. The normalized spacial score (nSPS) is 25.4. The Morgan fingerprint density at radius 1 is 0.426 bits per heavy atom. The molecule has 6 aliphatic carbocycles. The van der Waals surface area contributed by atoms with Crippen LogP contribution in [0, 0.1) is 56.0 Å². The molecular weight excluding hydrogens is 755 g/mol. The van der Waals surface area contributed by atoms with Gasteiger partial charge in [0.25, 0.3) is 0 Å². The minimum atomic E-state index is -0.491. The highest BCUT2D eigenvalue weighted by molar-refractivity contribution is 5.50. The number of nitrogens with zero attached hydrogens (tertiary/aromatic N) is 2. The number of hydrogen-bond acceptors (Lipinski definition) is 3. The van der Waals surface area contributed by atoms with Gasteiger partial charge in [-0.25, -0.2) is 8.78 Å². The van der Waals surface area contributed by atoms with Crippen molar-refractivity contribution in [1.29, 1.82) is 10.5 Å². The molecular formula is C56H82F2N2O. The number of benzene rings is 2. The second-order valence-corrected chi connectivity index (χ2v) is 21.4. The van der Waals surface area contributed by atoms with Crippen LogP contribution in [0.15, 0.2) is 24.3 Å². The molecule has 6 aliphatic rings. The van der Waals surface area contributed by atoms with E-state index < -0.39 is 11.6 Å². The van der Waals surface area contributed by atoms with Crippen molar-refractivity contribution in [2.45, 2.75) is 245 Å². The van der Waals surface area contributed by atoms with Crippen molar-refractivity contribution in [2.24, 2.45) is 21.7 Å². The number of nitriles is 2. The maximum absolute atomic E-state index is 16.4. The topological polar surface area (TPSA) is 56.8 Å². The molecule has 0 spiro atoms. The Kier molecular flexibility index (Phi) is 18.0. The molecule has 8 rings (SSSR count). The van der Waals surface area contributed by atoms with Crippen LogP contribution in [0.1, 0.15) is 254 Å². The molecule has 4 bridgehead atoms. The lowest BCUT2D eigenvalue weighted by molar-refractivity contribution is -0.0164. The Morgan fingerprint density at radius 3 is 1.00 bits per heavy atom. The van der Waals surface area contributed by atoms with Crippen molar-refractivity contribution in [2.75, 3.05) is 0 Å². The minimum Gasteiger partial charge on any atom is -0.457 e. The minimum absolute atomic E-state index is 0.00512. The largest absolute Gasteiger partial charge is 0.457 e. The van der Waals surface area contributed by atoms with E-state index in [1.54, 1.807) is 12.1 Å². The monoisotopic (exact) mass is 837 g/mol. The van der Waals surface area contributed by atoms with E-state index in [0.717, 1.165) is 38.5 Å². The van der Waals surface area contributed by atoms with Crippen LogP contribution in [0.3, 0.4) is 0 Å². The molecule has 0 heterocycles. The second-order valence-electron chi connectivity index (χ2n) is 21.4. The molecule has 0 aromatic heterocycles. The average molecular weight is 837 g/mol. The van der Waals surface area contributed by atoms with Crippen LogP contribution < -0.4 is 4.74 Å². The van der Waals surface area contributed by atoms with Crippen molar-refractivity contribution in [3.63, 3.8) is 0 Å². The molecule has 6 fully saturated rings. The summed E-state index contributed by atoms with van der Waals surface area (Å²) < 4.78 is 39.4. The third-order valence-electron chi connectivity index (χ3n) is 17.2. The molecule has 3 nitrogen and oxygen atoms in total. The molecule has 336 valence electrons. The Balaban J connectivity index is 1.05. The first kappa shape index (κ1) is 47.6. The molecule has 61 heavy (non-hydrogen) atoms. The van der Waals surface area contributed by atoms with Gasteiger partial charge in [-0.3, -0.25) is 0 Å². The van der Waals surface area contributed by atoms with Crippen molar-refractivity contribution < 1.29 is 13.5 Å². The van der Waals surface area contributed by atoms with Crippen LogP contribution in [0.4, 0.5) is 8.78 Å². The zero-order valence-corrected chi connectivity index (χ0v) is 38.8. The van der Waals surface area contributed by atoms with Gasteiger partial charge in [0.1, 0.15) is 35.3 Å². The maximum atomic E-state index is 16.4. The average Bonchev–Trinajstić information content (AvgIpc) is 3.29. The fourth-order valence-electron chi connectivity index (χ4n) is 12.7. The molecule has 0 saturated heterocycles. The van der Waals surface area contributed by atoms with Crippen molar-refractivity contribution in [1.82, 2.24) is 0 Å². The molecule has 0 radical (unpaired) electrons. The fourth-order valence-corrected chi connectivity index (χ4v) is 12.7. The van der Waals surface area contributed by atoms with Crippen LogP contribution in [0.2, 0.25) is 0 Å². The summed E-state index contributed by atoms with van der Waals surface area (Å²) in [6.45, 7) is 4.56. The van der Waals surface area contributed by atoms with E-state index >= 15 is 8.78 Å². The first-order valence-electron chi connectivity index (χ1n) is 25.8. The number of rotatable bonds is 28. The van der Waals surface area contributed by atoms with E-state index in [9.17, 15) is 10.5 Å². The van der Waals surface area contributed by atoms with Gasteiger partial charge >= 0.3 is 0 Å². The van der Waals surface area contributed by atoms with Gasteiger partial charge in [-0.1, -0.05) is 142 Å². The van der Waals surface area contributed by atoms with Crippen LogP contribution in [-0.2, 0) is 12.8 Å². The molecule has 6 saturated carbocycles. The first-order chi connectivity index (χ1) is 29.7. The summed E-state index contributed by atoms with van der Waals surface area (Å²) in [5, 5.41) is 19.8.